The van der Waals surface area contributed by atoms with Crippen LogP contribution in [0, 0.1) is 6.92 Å². The SMILES string of the molecule is Cc1ccnn1CCC(=O)N1CCC2(CC1)C(=O)NC(=O)N2Cc1ccccc1. The van der Waals surface area contributed by atoms with Crippen LogP contribution >= 0.6 is 0 Å². The summed E-state index contributed by atoms with van der Waals surface area (Å²) >= 11 is 0. The molecule has 1 spiro atoms. The number of imide groups is 1. The molecule has 29 heavy (non-hydrogen) atoms. The zero-order chi connectivity index (χ0) is 20.4. The van der Waals surface area contributed by atoms with Crippen LogP contribution in [0.2, 0.25) is 0 Å². The maximum atomic E-state index is 12.7. The standard InChI is InChI=1S/C21H25N5O3/c1-16-7-11-22-26(16)12-8-18(27)24-13-9-21(10-14-24)19(28)23-20(29)25(21)15-17-5-3-2-4-6-17/h2-7,11H,8-10,12-15H2,1H3,(H,23,28,29). The number of amides is 4. The Morgan fingerprint density at radius 3 is 2.52 bits per heavy atom. The first-order valence-corrected chi connectivity index (χ1v) is 9.93. The Hall–Kier alpha value is -3.16. The highest BCUT2D eigenvalue weighted by Crippen LogP contribution is 2.34. The summed E-state index contributed by atoms with van der Waals surface area (Å²) in [6, 6.07) is 11.2. The third-order valence-electron chi connectivity index (χ3n) is 6.00. The van der Waals surface area contributed by atoms with Crippen molar-refractivity contribution in [3.63, 3.8) is 0 Å². The minimum absolute atomic E-state index is 0.0501. The van der Waals surface area contributed by atoms with Crippen molar-refractivity contribution in [2.45, 2.75) is 44.8 Å². The maximum Gasteiger partial charge on any atom is 0.325 e. The van der Waals surface area contributed by atoms with Crippen molar-refractivity contribution < 1.29 is 14.4 Å². The number of rotatable bonds is 5. The Kier molecular flexibility index (Phi) is 5.08. The third kappa shape index (κ3) is 3.62. The van der Waals surface area contributed by atoms with Crippen LogP contribution in [0.25, 0.3) is 0 Å². The molecule has 0 radical (unpaired) electrons. The van der Waals surface area contributed by atoms with E-state index >= 15 is 0 Å². The van der Waals surface area contributed by atoms with Crippen LogP contribution in [-0.2, 0) is 22.7 Å². The molecule has 4 rings (SSSR count). The van der Waals surface area contributed by atoms with Gasteiger partial charge in [0.2, 0.25) is 5.91 Å². The molecule has 0 aliphatic carbocycles. The second kappa shape index (κ2) is 7.69. The summed E-state index contributed by atoms with van der Waals surface area (Å²) in [4.78, 5) is 41.2. The van der Waals surface area contributed by atoms with Gasteiger partial charge in [-0.25, -0.2) is 4.79 Å². The molecule has 2 aliphatic heterocycles. The number of hydrogen-bond donors (Lipinski definition) is 1. The van der Waals surface area contributed by atoms with Crippen molar-refractivity contribution in [3.05, 3.63) is 53.9 Å². The number of carbonyl (C=O) groups is 3. The van der Waals surface area contributed by atoms with Gasteiger partial charge in [-0.15, -0.1) is 0 Å². The normalized spacial score (nSPS) is 18.4. The van der Waals surface area contributed by atoms with E-state index in [1.54, 1.807) is 16.0 Å². The van der Waals surface area contributed by atoms with E-state index in [4.69, 9.17) is 0 Å². The highest BCUT2D eigenvalue weighted by molar-refractivity contribution is 6.07. The predicted octanol–water partition coefficient (Wildman–Crippen LogP) is 1.69. The number of nitrogens with one attached hydrogen (secondary N) is 1. The Labute approximate surface area is 169 Å². The summed E-state index contributed by atoms with van der Waals surface area (Å²) in [6.45, 7) is 3.80. The average molecular weight is 395 g/mol. The van der Waals surface area contributed by atoms with E-state index in [9.17, 15) is 14.4 Å². The summed E-state index contributed by atoms with van der Waals surface area (Å²) in [7, 11) is 0. The molecule has 8 nitrogen and oxygen atoms in total. The molecule has 1 aromatic heterocycles. The van der Waals surface area contributed by atoms with Crippen LogP contribution < -0.4 is 5.32 Å². The number of aryl methyl sites for hydroxylation is 2. The molecule has 0 saturated carbocycles. The van der Waals surface area contributed by atoms with Crippen LogP contribution in [0.15, 0.2) is 42.6 Å². The van der Waals surface area contributed by atoms with Crippen molar-refractivity contribution in [1.82, 2.24) is 24.9 Å². The number of carbonyl (C=O) groups excluding carboxylic acids is 3. The quantitative estimate of drug-likeness (QED) is 0.781. The van der Waals surface area contributed by atoms with Gasteiger partial charge in [-0.05, 0) is 31.4 Å². The number of hydrogen-bond acceptors (Lipinski definition) is 4. The minimum atomic E-state index is -0.873. The molecule has 0 unspecified atom stereocenters. The molecule has 0 atom stereocenters. The predicted molar refractivity (Wildman–Crippen MR) is 106 cm³/mol. The third-order valence-corrected chi connectivity index (χ3v) is 6.00. The first-order chi connectivity index (χ1) is 14.0. The van der Waals surface area contributed by atoms with Crippen molar-refractivity contribution in [1.29, 1.82) is 0 Å². The monoisotopic (exact) mass is 395 g/mol. The summed E-state index contributed by atoms with van der Waals surface area (Å²) in [5.74, 6) is -0.202. The zero-order valence-corrected chi connectivity index (χ0v) is 16.5. The molecule has 2 aromatic rings. The van der Waals surface area contributed by atoms with Gasteiger partial charge in [-0.3, -0.25) is 19.6 Å². The van der Waals surface area contributed by atoms with Gasteiger partial charge in [0, 0.05) is 44.5 Å². The van der Waals surface area contributed by atoms with E-state index in [1.165, 1.54) is 0 Å². The lowest BCUT2D eigenvalue weighted by molar-refractivity contribution is -0.138. The molecule has 152 valence electrons. The van der Waals surface area contributed by atoms with Crippen molar-refractivity contribution in [3.8, 4) is 0 Å². The van der Waals surface area contributed by atoms with Crippen LogP contribution in [0.4, 0.5) is 4.79 Å². The van der Waals surface area contributed by atoms with Crippen molar-refractivity contribution >= 4 is 17.8 Å². The Morgan fingerprint density at radius 2 is 1.86 bits per heavy atom. The summed E-state index contributed by atoms with van der Waals surface area (Å²) < 4.78 is 1.81. The number of nitrogens with zero attached hydrogens (tertiary/aromatic N) is 4. The highest BCUT2D eigenvalue weighted by atomic mass is 16.2. The van der Waals surface area contributed by atoms with E-state index in [0.717, 1.165) is 11.3 Å². The Bertz CT molecular complexity index is 915. The highest BCUT2D eigenvalue weighted by Gasteiger charge is 2.54. The van der Waals surface area contributed by atoms with E-state index in [1.807, 2.05) is 48.0 Å². The second-order valence-corrected chi connectivity index (χ2v) is 7.69. The van der Waals surface area contributed by atoms with Crippen LogP contribution in [0.1, 0.15) is 30.5 Å². The van der Waals surface area contributed by atoms with E-state index < -0.39 is 5.54 Å². The number of urea groups is 1. The van der Waals surface area contributed by atoms with Gasteiger partial charge in [-0.1, -0.05) is 30.3 Å². The molecule has 8 heteroatoms. The zero-order valence-electron chi connectivity index (χ0n) is 16.5. The van der Waals surface area contributed by atoms with Gasteiger partial charge in [0.25, 0.3) is 5.91 Å². The summed E-state index contributed by atoms with van der Waals surface area (Å²) in [5.41, 5.74) is 1.13. The fourth-order valence-electron chi connectivity index (χ4n) is 4.20. The van der Waals surface area contributed by atoms with Gasteiger partial charge in [0.15, 0.2) is 0 Å². The first-order valence-electron chi connectivity index (χ1n) is 9.93. The Morgan fingerprint density at radius 1 is 1.14 bits per heavy atom. The van der Waals surface area contributed by atoms with Gasteiger partial charge < -0.3 is 9.80 Å². The van der Waals surface area contributed by atoms with Crippen LogP contribution in [-0.4, -0.2) is 56.1 Å². The fraction of sp³-hybridized carbons (Fsp3) is 0.429. The first kappa shape index (κ1) is 19.2. The second-order valence-electron chi connectivity index (χ2n) is 7.69. The number of likely N-dealkylation sites (tertiary alicyclic amines) is 1. The fourth-order valence-corrected chi connectivity index (χ4v) is 4.20. The molecular weight excluding hydrogens is 370 g/mol. The van der Waals surface area contributed by atoms with E-state index in [-0.39, 0.29) is 17.8 Å². The molecule has 2 saturated heterocycles. The Balaban J connectivity index is 1.40. The number of benzene rings is 1. The minimum Gasteiger partial charge on any atom is -0.342 e. The number of aromatic nitrogens is 2. The molecule has 2 fully saturated rings. The van der Waals surface area contributed by atoms with Gasteiger partial charge >= 0.3 is 6.03 Å². The van der Waals surface area contributed by atoms with Crippen LogP contribution in [0.5, 0.6) is 0 Å². The lowest BCUT2D eigenvalue weighted by Gasteiger charge is -2.42. The lowest BCUT2D eigenvalue weighted by Crippen LogP contribution is -2.57. The molecule has 4 amide bonds. The van der Waals surface area contributed by atoms with Gasteiger partial charge in [0.05, 0.1) is 0 Å². The molecule has 0 bridgehead atoms. The van der Waals surface area contributed by atoms with Crippen molar-refractivity contribution in [2.75, 3.05) is 13.1 Å². The molecule has 1 aromatic carbocycles. The smallest absolute Gasteiger partial charge is 0.325 e. The van der Waals surface area contributed by atoms with Crippen LogP contribution in [0.3, 0.4) is 0 Å². The largest absolute Gasteiger partial charge is 0.342 e. The maximum absolute atomic E-state index is 12.7. The molecule has 2 aliphatic rings. The van der Waals surface area contributed by atoms with Crippen molar-refractivity contribution in [2.24, 2.45) is 0 Å². The lowest BCUT2D eigenvalue weighted by atomic mass is 9.85. The molecular formula is C21H25N5O3. The van der Waals surface area contributed by atoms with E-state index in [2.05, 4.69) is 10.4 Å². The average Bonchev–Trinajstić information content (AvgIpc) is 3.24. The van der Waals surface area contributed by atoms with E-state index in [0.29, 0.717) is 45.4 Å². The van der Waals surface area contributed by atoms with Gasteiger partial charge in [0.1, 0.15) is 5.54 Å². The molecule has 3 heterocycles. The summed E-state index contributed by atoms with van der Waals surface area (Å²) in [5, 5.41) is 6.68. The van der Waals surface area contributed by atoms with Gasteiger partial charge in [-0.2, -0.15) is 5.10 Å². The molecule has 1 N–H and O–H groups in total. The number of piperidine rings is 1. The summed E-state index contributed by atoms with van der Waals surface area (Å²) in [6.07, 6.45) is 2.99. The topological polar surface area (TPSA) is 87.5 Å².